The summed E-state index contributed by atoms with van der Waals surface area (Å²) in [6.07, 6.45) is 0. The van der Waals surface area contributed by atoms with Crippen molar-refractivity contribution < 1.29 is 9.47 Å². The molecule has 0 aliphatic rings. The molecule has 4 N–H and O–H groups in total. The van der Waals surface area contributed by atoms with Crippen molar-refractivity contribution in [2.45, 2.75) is 26.7 Å². The zero-order valence-electron chi connectivity index (χ0n) is 12.2. The van der Waals surface area contributed by atoms with Crippen molar-refractivity contribution >= 4 is 0 Å². The summed E-state index contributed by atoms with van der Waals surface area (Å²) in [5, 5.41) is 0. The Morgan fingerprint density at radius 2 is 1.58 bits per heavy atom. The molecule has 0 aliphatic heterocycles. The predicted octanol–water partition coefficient (Wildman–Crippen LogP) is 2.12. The van der Waals surface area contributed by atoms with Gasteiger partial charge in [0.05, 0.1) is 13.2 Å². The van der Waals surface area contributed by atoms with E-state index in [2.05, 4.69) is 13.0 Å². The molecule has 1 aromatic carbocycles. The van der Waals surface area contributed by atoms with E-state index in [0.717, 1.165) is 11.5 Å². The first kappa shape index (κ1) is 15.8. The first-order valence-electron chi connectivity index (χ1n) is 6.97. The third-order valence-corrected chi connectivity index (χ3v) is 3.41. The number of rotatable bonds is 8. The van der Waals surface area contributed by atoms with Gasteiger partial charge in [-0.2, -0.15) is 0 Å². The maximum atomic E-state index is 5.76. The van der Waals surface area contributed by atoms with E-state index < -0.39 is 0 Å². The third-order valence-electron chi connectivity index (χ3n) is 3.41. The lowest BCUT2D eigenvalue weighted by atomic mass is 9.87. The molecule has 4 nitrogen and oxygen atoms in total. The molecule has 0 saturated heterocycles. The molecule has 0 aromatic heterocycles. The van der Waals surface area contributed by atoms with Crippen molar-refractivity contribution in [3.8, 4) is 11.5 Å². The molecule has 0 spiro atoms. The molecular weight excluding hydrogens is 240 g/mol. The lowest BCUT2D eigenvalue weighted by Gasteiger charge is -2.22. The van der Waals surface area contributed by atoms with Gasteiger partial charge in [-0.3, -0.25) is 0 Å². The molecule has 0 aliphatic carbocycles. The van der Waals surface area contributed by atoms with Gasteiger partial charge in [0.25, 0.3) is 0 Å². The summed E-state index contributed by atoms with van der Waals surface area (Å²) in [6.45, 7) is 8.51. The van der Waals surface area contributed by atoms with Crippen molar-refractivity contribution in [3.63, 3.8) is 0 Å². The van der Waals surface area contributed by atoms with Crippen LogP contribution in [0.2, 0.25) is 0 Å². The summed E-state index contributed by atoms with van der Waals surface area (Å²) in [5.41, 5.74) is 12.7. The van der Waals surface area contributed by atoms with Crippen molar-refractivity contribution in [1.82, 2.24) is 0 Å². The number of hydrogen-bond donors (Lipinski definition) is 2. The van der Waals surface area contributed by atoms with Crippen LogP contribution in [0.15, 0.2) is 18.2 Å². The Hall–Kier alpha value is -1.26. The molecule has 0 radical (unpaired) electrons. The van der Waals surface area contributed by atoms with Gasteiger partial charge in [-0.25, -0.2) is 0 Å². The highest BCUT2D eigenvalue weighted by Crippen LogP contribution is 2.33. The molecule has 1 unspecified atom stereocenters. The van der Waals surface area contributed by atoms with Crippen molar-refractivity contribution in [3.05, 3.63) is 23.8 Å². The standard InChI is InChI=1S/C15H26N2O2/c1-4-18-14-7-6-12(8-15(14)19-5-2)11(3)13(9-16)10-17/h6-8,11,13H,4-5,9-10,16-17H2,1-3H3. The van der Waals surface area contributed by atoms with E-state index in [-0.39, 0.29) is 5.92 Å². The second kappa shape index (κ2) is 8.02. The lowest BCUT2D eigenvalue weighted by Crippen LogP contribution is -2.27. The van der Waals surface area contributed by atoms with Gasteiger partial charge >= 0.3 is 0 Å². The van der Waals surface area contributed by atoms with Crippen LogP contribution in [0.1, 0.15) is 32.3 Å². The highest BCUT2D eigenvalue weighted by atomic mass is 16.5. The summed E-state index contributed by atoms with van der Waals surface area (Å²) in [7, 11) is 0. The highest BCUT2D eigenvalue weighted by molar-refractivity contribution is 5.44. The van der Waals surface area contributed by atoms with E-state index in [4.69, 9.17) is 20.9 Å². The van der Waals surface area contributed by atoms with Crippen LogP contribution in [0, 0.1) is 5.92 Å². The second-order valence-corrected chi connectivity index (χ2v) is 4.59. The molecule has 108 valence electrons. The zero-order valence-corrected chi connectivity index (χ0v) is 12.2. The summed E-state index contributed by atoms with van der Waals surface area (Å²) >= 11 is 0. The summed E-state index contributed by atoms with van der Waals surface area (Å²) in [6, 6.07) is 6.07. The minimum Gasteiger partial charge on any atom is -0.490 e. The fourth-order valence-corrected chi connectivity index (χ4v) is 2.13. The van der Waals surface area contributed by atoms with Gasteiger partial charge in [-0.05, 0) is 56.5 Å². The highest BCUT2D eigenvalue weighted by Gasteiger charge is 2.18. The monoisotopic (exact) mass is 266 g/mol. The minimum absolute atomic E-state index is 0.285. The maximum absolute atomic E-state index is 5.76. The number of hydrogen-bond acceptors (Lipinski definition) is 4. The van der Waals surface area contributed by atoms with Gasteiger partial charge < -0.3 is 20.9 Å². The van der Waals surface area contributed by atoms with E-state index in [1.807, 2.05) is 26.0 Å². The van der Waals surface area contributed by atoms with Crippen LogP contribution in [-0.4, -0.2) is 26.3 Å². The van der Waals surface area contributed by atoms with E-state index in [0.29, 0.717) is 32.2 Å². The number of benzene rings is 1. The molecule has 0 saturated carbocycles. The molecule has 0 amide bonds. The van der Waals surface area contributed by atoms with E-state index in [1.54, 1.807) is 0 Å². The van der Waals surface area contributed by atoms with Crippen LogP contribution in [0.4, 0.5) is 0 Å². The average molecular weight is 266 g/mol. The summed E-state index contributed by atoms with van der Waals surface area (Å²) in [5.74, 6) is 2.18. The largest absolute Gasteiger partial charge is 0.490 e. The fourth-order valence-electron chi connectivity index (χ4n) is 2.13. The Balaban J connectivity index is 2.99. The molecule has 0 heterocycles. The zero-order chi connectivity index (χ0) is 14.3. The molecule has 19 heavy (non-hydrogen) atoms. The van der Waals surface area contributed by atoms with Crippen LogP contribution in [0.3, 0.4) is 0 Å². The van der Waals surface area contributed by atoms with Gasteiger partial charge in [0, 0.05) is 0 Å². The normalized spacial score (nSPS) is 12.5. The number of nitrogens with two attached hydrogens (primary N) is 2. The molecule has 0 fully saturated rings. The molecule has 4 heteroatoms. The molecule has 0 bridgehead atoms. The first-order valence-corrected chi connectivity index (χ1v) is 6.97. The van der Waals surface area contributed by atoms with Crippen molar-refractivity contribution in [2.24, 2.45) is 17.4 Å². The average Bonchev–Trinajstić information content (AvgIpc) is 2.42. The van der Waals surface area contributed by atoms with E-state index in [1.165, 1.54) is 5.56 Å². The van der Waals surface area contributed by atoms with E-state index >= 15 is 0 Å². The van der Waals surface area contributed by atoms with Crippen molar-refractivity contribution in [1.29, 1.82) is 0 Å². The fraction of sp³-hybridized carbons (Fsp3) is 0.600. The van der Waals surface area contributed by atoms with Gasteiger partial charge in [0.1, 0.15) is 0 Å². The Labute approximate surface area is 116 Å². The quantitative estimate of drug-likeness (QED) is 0.756. The van der Waals surface area contributed by atoms with Crippen molar-refractivity contribution in [2.75, 3.05) is 26.3 Å². The molecule has 1 atom stereocenters. The number of ether oxygens (including phenoxy) is 2. The summed E-state index contributed by atoms with van der Waals surface area (Å²) < 4.78 is 11.2. The molecular formula is C15H26N2O2. The van der Waals surface area contributed by atoms with Gasteiger partial charge in [0.2, 0.25) is 0 Å². The van der Waals surface area contributed by atoms with Crippen LogP contribution in [-0.2, 0) is 0 Å². The van der Waals surface area contributed by atoms with Gasteiger partial charge in [-0.1, -0.05) is 13.0 Å². The van der Waals surface area contributed by atoms with Gasteiger partial charge in [0.15, 0.2) is 11.5 Å². The molecule has 1 aromatic rings. The SMILES string of the molecule is CCOc1ccc(C(C)C(CN)CN)cc1OCC. The lowest BCUT2D eigenvalue weighted by molar-refractivity contribution is 0.287. The predicted molar refractivity (Wildman–Crippen MR) is 78.8 cm³/mol. The van der Waals surface area contributed by atoms with E-state index in [9.17, 15) is 0 Å². The Morgan fingerprint density at radius 1 is 1.00 bits per heavy atom. The molecule has 1 rings (SSSR count). The van der Waals surface area contributed by atoms with Gasteiger partial charge in [-0.15, -0.1) is 0 Å². The Bertz CT molecular complexity index is 378. The van der Waals surface area contributed by atoms with Crippen LogP contribution in [0.25, 0.3) is 0 Å². The smallest absolute Gasteiger partial charge is 0.161 e. The second-order valence-electron chi connectivity index (χ2n) is 4.59. The minimum atomic E-state index is 0.285. The first-order chi connectivity index (χ1) is 9.17. The third kappa shape index (κ3) is 4.11. The topological polar surface area (TPSA) is 70.5 Å². The van der Waals surface area contributed by atoms with Crippen LogP contribution >= 0.6 is 0 Å². The van der Waals surface area contributed by atoms with Crippen LogP contribution in [0.5, 0.6) is 11.5 Å². The Kier molecular flexibility index (Phi) is 6.67. The maximum Gasteiger partial charge on any atom is 0.161 e. The van der Waals surface area contributed by atoms with Crippen LogP contribution < -0.4 is 20.9 Å². The summed E-state index contributed by atoms with van der Waals surface area (Å²) in [4.78, 5) is 0. The Morgan fingerprint density at radius 3 is 2.11 bits per heavy atom.